The van der Waals surface area contributed by atoms with E-state index in [1.807, 2.05) is 13.8 Å². The third kappa shape index (κ3) is 3.67. The average Bonchev–Trinajstić information content (AvgIpc) is 2.92. The van der Waals surface area contributed by atoms with Gasteiger partial charge in [0.15, 0.2) is 0 Å². The van der Waals surface area contributed by atoms with E-state index in [1.54, 1.807) is 13.0 Å². The smallest absolute Gasteiger partial charge is 0.341 e. The summed E-state index contributed by atoms with van der Waals surface area (Å²) in [6.45, 7) is 6.13. The highest BCUT2D eigenvalue weighted by Gasteiger charge is 2.60. The molecule has 1 aromatic rings. The number of hydrogen-bond acceptors (Lipinski definition) is 4. The van der Waals surface area contributed by atoms with Gasteiger partial charge in [0.1, 0.15) is 9.49 Å². The van der Waals surface area contributed by atoms with Gasteiger partial charge < -0.3 is 10.1 Å². The van der Waals surface area contributed by atoms with Gasteiger partial charge in [-0.3, -0.25) is 4.79 Å². The molecule has 0 radical (unpaired) electrons. The number of esters is 1. The number of amides is 1. The van der Waals surface area contributed by atoms with Crippen molar-refractivity contribution in [2.24, 2.45) is 17.3 Å². The predicted molar refractivity (Wildman–Crippen MR) is 106 cm³/mol. The number of ether oxygens (including phenoxy) is 1. The number of hydrogen-bond donors (Lipinski definition) is 1. The maximum Gasteiger partial charge on any atom is 0.341 e. The lowest BCUT2D eigenvalue weighted by Gasteiger charge is -2.12. The topological polar surface area (TPSA) is 55.4 Å². The first-order valence-electron chi connectivity index (χ1n) is 8.92. The molecule has 0 saturated heterocycles. The zero-order valence-electron chi connectivity index (χ0n) is 15.2. The fourth-order valence-corrected chi connectivity index (χ4v) is 5.44. The summed E-state index contributed by atoms with van der Waals surface area (Å²) in [5, 5.41) is 3.60. The summed E-state index contributed by atoms with van der Waals surface area (Å²) >= 11 is 13.1. The average molecular weight is 416 g/mol. The van der Waals surface area contributed by atoms with Crippen molar-refractivity contribution >= 4 is 51.4 Å². The van der Waals surface area contributed by atoms with Crippen LogP contribution in [0.3, 0.4) is 0 Å². The highest BCUT2D eigenvalue weighted by molar-refractivity contribution is 7.17. The maximum absolute atomic E-state index is 12.9. The molecule has 0 unspecified atom stereocenters. The molecule has 0 aromatic carbocycles. The van der Waals surface area contributed by atoms with Crippen molar-refractivity contribution in [2.45, 2.75) is 46.5 Å². The van der Waals surface area contributed by atoms with E-state index in [4.69, 9.17) is 27.9 Å². The van der Waals surface area contributed by atoms with Crippen molar-refractivity contribution < 1.29 is 14.3 Å². The fourth-order valence-electron chi connectivity index (χ4n) is 3.89. The van der Waals surface area contributed by atoms with E-state index < -0.39 is 0 Å². The van der Waals surface area contributed by atoms with Crippen LogP contribution >= 0.6 is 34.5 Å². The standard InChI is InChI=1S/C19H23Cl2NO3S/c1-4-25-18(24)14-10-7-5-6-8-12(10)26-17(14)22-16(23)15-11(9-13(20)21)19(15,2)3/h9,11,15H,4-8H2,1-3H3,(H,22,23)/t11-,15+/m0/s1. The quantitative estimate of drug-likeness (QED) is 0.660. The molecule has 1 heterocycles. The molecule has 2 aliphatic rings. The van der Waals surface area contributed by atoms with E-state index in [0.29, 0.717) is 17.2 Å². The van der Waals surface area contributed by atoms with Gasteiger partial charge in [-0.05, 0) is 55.6 Å². The van der Waals surface area contributed by atoms with Crippen molar-refractivity contribution in [3.63, 3.8) is 0 Å². The Morgan fingerprint density at radius 2 is 2.00 bits per heavy atom. The predicted octanol–water partition coefficient (Wildman–Crippen LogP) is 5.33. The minimum Gasteiger partial charge on any atom is -0.462 e. The number of halogens is 2. The van der Waals surface area contributed by atoms with E-state index in [-0.39, 0.29) is 33.6 Å². The van der Waals surface area contributed by atoms with Crippen molar-refractivity contribution in [3.8, 4) is 0 Å². The second-order valence-corrected chi connectivity index (χ2v) is 9.52. The van der Waals surface area contributed by atoms with Crippen LogP contribution in [0.2, 0.25) is 0 Å². The largest absolute Gasteiger partial charge is 0.462 e. The van der Waals surface area contributed by atoms with Crippen molar-refractivity contribution in [2.75, 3.05) is 11.9 Å². The maximum atomic E-state index is 12.9. The minimum atomic E-state index is -0.350. The number of carbonyl (C=O) groups is 2. The lowest BCUT2D eigenvalue weighted by molar-refractivity contribution is -0.118. The zero-order valence-corrected chi connectivity index (χ0v) is 17.5. The number of fused-ring (bicyclic) bond motifs is 1. The monoisotopic (exact) mass is 415 g/mol. The highest BCUT2D eigenvalue weighted by Crippen LogP contribution is 2.60. The molecule has 0 bridgehead atoms. The van der Waals surface area contributed by atoms with E-state index in [0.717, 1.165) is 31.2 Å². The number of rotatable bonds is 5. The fraction of sp³-hybridized carbons (Fsp3) is 0.579. The molecule has 2 atom stereocenters. The van der Waals surface area contributed by atoms with Gasteiger partial charge in [-0.15, -0.1) is 11.3 Å². The van der Waals surface area contributed by atoms with E-state index in [9.17, 15) is 9.59 Å². The summed E-state index contributed by atoms with van der Waals surface area (Å²) in [6, 6.07) is 0. The van der Waals surface area contributed by atoms with Gasteiger partial charge >= 0.3 is 5.97 Å². The molecule has 2 aliphatic carbocycles. The lowest BCUT2D eigenvalue weighted by Crippen LogP contribution is -2.19. The second-order valence-electron chi connectivity index (χ2n) is 7.41. The third-order valence-corrected chi connectivity index (χ3v) is 6.85. The van der Waals surface area contributed by atoms with Crippen LogP contribution in [-0.4, -0.2) is 18.5 Å². The van der Waals surface area contributed by atoms with E-state index >= 15 is 0 Å². The Hall–Kier alpha value is -1.04. The van der Waals surface area contributed by atoms with Crippen molar-refractivity contribution in [3.05, 3.63) is 26.6 Å². The van der Waals surface area contributed by atoms with Crippen LogP contribution in [0.15, 0.2) is 10.6 Å². The normalized spacial score (nSPS) is 23.0. The molecule has 142 valence electrons. The van der Waals surface area contributed by atoms with Gasteiger partial charge in [0.05, 0.1) is 18.1 Å². The molecule has 1 aromatic heterocycles. The number of thiophene rings is 1. The molecule has 0 spiro atoms. The molecular formula is C19H23Cl2NO3S. The van der Waals surface area contributed by atoms with Gasteiger partial charge in [-0.25, -0.2) is 4.79 Å². The molecule has 1 saturated carbocycles. The Kier molecular flexibility index (Phi) is 5.71. The molecule has 1 fully saturated rings. The van der Waals surface area contributed by atoms with Crippen molar-refractivity contribution in [1.29, 1.82) is 0 Å². The Labute approximate surface area is 167 Å². The summed E-state index contributed by atoms with van der Waals surface area (Å²) in [6.07, 6.45) is 5.70. The molecule has 3 rings (SSSR count). The van der Waals surface area contributed by atoms with Crippen molar-refractivity contribution in [1.82, 2.24) is 0 Å². The minimum absolute atomic E-state index is 0.00636. The molecule has 0 aliphatic heterocycles. The third-order valence-electron chi connectivity index (χ3n) is 5.39. The Balaban J connectivity index is 1.86. The molecule has 4 nitrogen and oxygen atoms in total. The van der Waals surface area contributed by atoms with Crippen LogP contribution in [-0.2, 0) is 22.4 Å². The number of nitrogens with one attached hydrogen (secondary N) is 1. The van der Waals surface area contributed by atoms with Crippen LogP contribution in [0, 0.1) is 17.3 Å². The second kappa shape index (κ2) is 7.53. The van der Waals surface area contributed by atoms with Gasteiger partial charge in [0, 0.05) is 4.88 Å². The SMILES string of the molecule is CCOC(=O)c1c(NC(=O)[C@H]2[C@H](C=C(Cl)Cl)C2(C)C)sc2c1CCCC2. The lowest BCUT2D eigenvalue weighted by atomic mass is 9.95. The van der Waals surface area contributed by atoms with Gasteiger partial charge in [0.2, 0.25) is 5.91 Å². The Morgan fingerprint density at radius 1 is 1.31 bits per heavy atom. The molecule has 1 amide bonds. The summed E-state index contributed by atoms with van der Waals surface area (Å²) in [4.78, 5) is 26.5. The van der Waals surface area contributed by atoms with Gasteiger partial charge in [0.25, 0.3) is 0 Å². The molecule has 7 heteroatoms. The summed E-state index contributed by atoms with van der Waals surface area (Å²) < 4.78 is 5.42. The van der Waals surface area contributed by atoms with Crippen LogP contribution in [0.25, 0.3) is 0 Å². The van der Waals surface area contributed by atoms with Crippen LogP contribution in [0.4, 0.5) is 5.00 Å². The summed E-state index contributed by atoms with van der Waals surface area (Å²) in [7, 11) is 0. The van der Waals surface area contributed by atoms with Gasteiger partial charge in [-0.1, -0.05) is 37.0 Å². The van der Waals surface area contributed by atoms with Crippen LogP contribution in [0.5, 0.6) is 0 Å². The zero-order chi connectivity index (χ0) is 19.1. The molecular weight excluding hydrogens is 393 g/mol. The number of allylic oxidation sites excluding steroid dienone is 1. The van der Waals surface area contributed by atoms with E-state index in [2.05, 4.69) is 5.32 Å². The number of aryl methyl sites for hydroxylation is 1. The summed E-state index contributed by atoms with van der Waals surface area (Å²) in [5.74, 6) is -0.676. The number of carbonyl (C=O) groups excluding carboxylic acids is 2. The molecule has 26 heavy (non-hydrogen) atoms. The first-order valence-corrected chi connectivity index (χ1v) is 10.5. The first kappa shape index (κ1) is 19.7. The Morgan fingerprint density at radius 3 is 2.65 bits per heavy atom. The van der Waals surface area contributed by atoms with E-state index in [1.165, 1.54) is 16.2 Å². The Bertz CT molecular complexity index is 765. The first-order chi connectivity index (χ1) is 12.3. The number of anilines is 1. The van der Waals surface area contributed by atoms with Gasteiger partial charge in [-0.2, -0.15) is 0 Å². The van der Waals surface area contributed by atoms with Crippen LogP contribution in [0.1, 0.15) is 54.4 Å². The summed E-state index contributed by atoms with van der Waals surface area (Å²) in [5.41, 5.74) is 1.38. The highest BCUT2D eigenvalue weighted by atomic mass is 35.5. The molecule has 1 N–H and O–H groups in total. The van der Waals surface area contributed by atoms with Crippen LogP contribution < -0.4 is 5.32 Å².